The lowest BCUT2D eigenvalue weighted by Gasteiger charge is -2.27. The Kier molecular flexibility index (Phi) is 12.9. The van der Waals surface area contributed by atoms with Crippen molar-refractivity contribution < 1.29 is 73.2 Å². The minimum Gasteiger partial charge on any atom is -0.488 e. The summed E-state index contributed by atoms with van der Waals surface area (Å²) in [6.45, 7) is 1.32. The van der Waals surface area contributed by atoms with Crippen LogP contribution in [0.15, 0.2) is 59.5 Å². The van der Waals surface area contributed by atoms with Crippen LogP contribution in [-0.2, 0) is 26.7 Å². The van der Waals surface area contributed by atoms with E-state index in [1.54, 1.807) is 0 Å². The average Bonchev–Trinajstić information content (AvgIpc) is 3.37. The minimum absolute atomic E-state index is 0.0264. The van der Waals surface area contributed by atoms with Gasteiger partial charge in [-0.25, -0.2) is 4.79 Å². The maximum Gasteiger partial charge on any atom is 0.573 e. The fourth-order valence-electron chi connectivity index (χ4n) is 5.44. The number of nitrogens with zero attached hydrogens (tertiary/aromatic N) is 2. The number of alkyl halides is 9. The Morgan fingerprint density at radius 3 is 2.07 bits per heavy atom. The molecule has 2 fully saturated rings. The van der Waals surface area contributed by atoms with Gasteiger partial charge in [-0.15, -0.1) is 13.2 Å². The predicted octanol–water partition coefficient (Wildman–Crippen LogP) is 7.93. The van der Waals surface area contributed by atoms with E-state index in [4.69, 9.17) is 26.8 Å². The second-order valence-electron chi connectivity index (χ2n) is 12.1. The van der Waals surface area contributed by atoms with Gasteiger partial charge in [-0.1, -0.05) is 24.0 Å². The fraction of sp³-hybridized carbons (Fsp3) is 0.314. The third kappa shape index (κ3) is 11.1. The standard InChI is InChI=1S/C35H28F9N3O7S2/c36-33(37,38)23-14-21(15-24(18-23)34(39,40)41)20-13-22(29(26(16-20)54-35(42,43)44)53-12-9-46-7-10-52-11-8-46)17-27-30(49)47(32(55)56-27)6-5-28(48)45-25-3-1-19(2-4-25)31(50)51/h1-4,13-18H,5-12H2,(H,45,48)(H,50,51)/b27-17-. The fourth-order valence-corrected chi connectivity index (χ4v) is 6.74. The zero-order chi connectivity index (χ0) is 41.0. The van der Waals surface area contributed by atoms with Gasteiger partial charge in [0, 0.05) is 43.9 Å². The summed E-state index contributed by atoms with van der Waals surface area (Å²) in [6, 6.07) is 7.27. The molecule has 0 radical (unpaired) electrons. The molecule has 0 atom stereocenters. The molecule has 2 heterocycles. The summed E-state index contributed by atoms with van der Waals surface area (Å²) in [6.07, 6.45) is -15.3. The molecule has 0 spiro atoms. The number of carboxylic acid groups (broad SMARTS) is 1. The topological polar surface area (TPSA) is 118 Å². The number of anilines is 1. The molecule has 2 N–H and O–H groups in total. The quantitative estimate of drug-likeness (QED) is 0.106. The first-order valence-electron chi connectivity index (χ1n) is 16.2. The molecule has 21 heteroatoms. The second kappa shape index (κ2) is 17.1. The average molecular weight is 838 g/mol. The molecule has 0 aromatic heterocycles. The van der Waals surface area contributed by atoms with Crippen LogP contribution in [0.5, 0.6) is 11.5 Å². The molecule has 2 saturated heterocycles. The number of morpholine rings is 1. The molecule has 0 unspecified atom stereocenters. The van der Waals surface area contributed by atoms with Gasteiger partial charge in [0.2, 0.25) is 5.91 Å². The largest absolute Gasteiger partial charge is 0.573 e. The number of rotatable bonds is 12. The first-order valence-corrected chi connectivity index (χ1v) is 17.5. The van der Waals surface area contributed by atoms with E-state index in [0.717, 1.165) is 17.0 Å². The monoisotopic (exact) mass is 837 g/mol. The first-order chi connectivity index (χ1) is 26.2. The van der Waals surface area contributed by atoms with Crippen LogP contribution < -0.4 is 14.8 Å². The number of carbonyl (C=O) groups is 3. The summed E-state index contributed by atoms with van der Waals surface area (Å²) in [5, 5.41) is 11.6. The molecule has 3 aromatic carbocycles. The van der Waals surface area contributed by atoms with Crippen molar-refractivity contribution in [2.24, 2.45) is 0 Å². The minimum atomic E-state index is -5.41. The summed E-state index contributed by atoms with van der Waals surface area (Å²) in [7, 11) is 0. The molecule has 5 rings (SSSR count). The van der Waals surface area contributed by atoms with Crippen LogP contribution in [0, 0.1) is 0 Å². The number of hydrogen-bond acceptors (Lipinski definition) is 9. The maximum absolute atomic E-state index is 13.8. The molecule has 56 heavy (non-hydrogen) atoms. The van der Waals surface area contributed by atoms with Gasteiger partial charge in [0.15, 0.2) is 11.5 Å². The molecule has 300 valence electrons. The van der Waals surface area contributed by atoms with Crippen molar-refractivity contribution in [3.05, 3.63) is 81.8 Å². The van der Waals surface area contributed by atoms with Crippen molar-refractivity contribution in [1.29, 1.82) is 0 Å². The number of nitrogens with one attached hydrogen (secondary N) is 1. The van der Waals surface area contributed by atoms with Crippen molar-refractivity contribution in [3.63, 3.8) is 0 Å². The Balaban J connectivity index is 1.51. The highest BCUT2D eigenvalue weighted by Crippen LogP contribution is 2.45. The van der Waals surface area contributed by atoms with Gasteiger partial charge >= 0.3 is 24.7 Å². The molecular weight excluding hydrogens is 810 g/mol. The number of thioether (sulfide) groups is 1. The van der Waals surface area contributed by atoms with Crippen LogP contribution in [-0.4, -0.2) is 89.4 Å². The van der Waals surface area contributed by atoms with E-state index in [9.17, 15) is 53.9 Å². The molecule has 10 nitrogen and oxygen atoms in total. The van der Waals surface area contributed by atoms with Crippen LogP contribution >= 0.6 is 24.0 Å². The summed E-state index contributed by atoms with van der Waals surface area (Å²) in [4.78, 5) is 39.9. The van der Waals surface area contributed by atoms with Crippen molar-refractivity contribution in [1.82, 2.24) is 9.80 Å². The Morgan fingerprint density at radius 2 is 1.50 bits per heavy atom. The van der Waals surface area contributed by atoms with E-state index in [1.165, 1.54) is 24.3 Å². The van der Waals surface area contributed by atoms with Gasteiger partial charge in [-0.2, -0.15) is 26.3 Å². The third-order valence-electron chi connectivity index (χ3n) is 8.13. The number of carboxylic acids is 1. The predicted molar refractivity (Wildman–Crippen MR) is 188 cm³/mol. The molecule has 2 aliphatic heterocycles. The van der Waals surface area contributed by atoms with Crippen LogP contribution in [0.2, 0.25) is 0 Å². The third-order valence-corrected chi connectivity index (χ3v) is 9.50. The molecule has 3 aromatic rings. The van der Waals surface area contributed by atoms with Crippen LogP contribution in [0.1, 0.15) is 33.5 Å². The number of ether oxygens (including phenoxy) is 3. The Labute approximate surface area is 321 Å². The van der Waals surface area contributed by atoms with E-state index in [1.807, 2.05) is 4.90 Å². The smallest absolute Gasteiger partial charge is 0.488 e. The summed E-state index contributed by atoms with van der Waals surface area (Å²) >= 11 is 5.98. The number of carbonyl (C=O) groups excluding carboxylic acids is 2. The lowest BCUT2D eigenvalue weighted by Crippen LogP contribution is -2.38. The number of aromatic carboxylic acids is 1. The van der Waals surface area contributed by atoms with Gasteiger partial charge in [0.25, 0.3) is 5.91 Å². The van der Waals surface area contributed by atoms with Crippen LogP contribution in [0.3, 0.4) is 0 Å². The van der Waals surface area contributed by atoms with E-state index >= 15 is 0 Å². The van der Waals surface area contributed by atoms with E-state index in [0.29, 0.717) is 56.3 Å². The zero-order valence-corrected chi connectivity index (χ0v) is 30.1. The number of benzene rings is 3. The highest BCUT2D eigenvalue weighted by atomic mass is 32.2. The molecular formula is C35H28F9N3O7S2. The van der Waals surface area contributed by atoms with Crippen LogP contribution in [0.4, 0.5) is 45.2 Å². The summed E-state index contributed by atoms with van der Waals surface area (Å²) in [5.74, 6) is -4.33. The lowest BCUT2D eigenvalue weighted by atomic mass is 9.96. The van der Waals surface area contributed by atoms with Gasteiger partial charge in [-0.05, 0) is 71.8 Å². The van der Waals surface area contributed by atoms with Gasteiger partial charge < -0.3 is 24.6 Å². The van der Waals surface area contributed by atoms with Gasteiger partial charge in [0.05, 0.1) is 34.8 Å². The molecule has 0 saturated carbocycles. The van der Waals surface area contributed by atoms with Crippen molar-refractivity contribution >= 4 is 57.8 Å². The van der Waals surface area contributed by atoms with E-state index in [-0.39, 0.29) is 58.2 Å². The van der Waals surface area contributed by atoms with Gasteiger partial charge in [-0.3, -0.25) is 19.4 Å². The number of halogens is 9. The number of amides is 2. The van der Waals surface area contributed by atoms with Crippen molar-refractivity contribution in [3.8, 4) is 22.6 Å². The van der Waals surface area contributed by atoms with E-state index in [2.05, 4.69) is 10.1 Å². The molecule has 0 aliphatic carbocycles. The zero-order valence-electron chi connectivity index (χ0n) is 28.4. The Morgan fingerprint density at radius 1 is 0.893 bits per heavy atom. The molecule has 0 bridgehead atoms. The summed E-state index contributed by atoms with van der Waals surface area (Å²) in [5.41, 5.74) is -4.95. The highest BCUT2D eigenvalue weighted by molar-refractivity contribution is 8.26. The van der Waals surface area contributed by atoms with E-state index < -0.39 is 70.3 Å². The number of thiocarbonyl (C=S) groups is 1. The second-order valence-corrected chi connectivity index (χ2v) is 13.7. The van der Waals surface area contributed by atoms with Gasteiger partial charge in [0.1, 0.15) is 10.9 Å². The first kappa shape index (κ1) is 42.3. The Bertz CT molecular complexity index is 1980. The highest BCUT2D eigenvalue weighted by Gasteiger charge is 2.38. The van der Waals surface area contributed by atoms with Crippen molar-refractivity contribution in [2.75, 3.05) is 51.3 Å². The SMILES string of the molecule is O=C(CCN1C(=O)/C(=C/c2cc(-c3cc(C(F)(F)F)cc(C(F)(F)F)c3)cc(OC(F)(F)F)c2OCCN2CCOCC2)SC1=S)Nc1ccc(C(=O)O)cc1. The lowest BCUT2D eigenvalue weighted by molar-refractivity contribution is -0.275. The normalized spacial score (nSPS) is 16.4. The van der Waals surface area contributed by atoms with Crippen LogP contribution in [0.25, 0.3) is 17.2 Å². The molecule has 2 amide bonds. The molecule has 2 aliphatic rings. The Hall–Kier alpha value is -4.86. The number of hydrogen-bond donors (Lipinski definition) is 2. The summed E-state index contributed by atoms with van der Waals surface area (Å²) < 4.78 is 139. The van der Waals surface area contributed by atoms with Crippen molar-refractivity contribution in [2.45, 2.75) is 25.1 Å². The maximum atomic E-state index is 13.8.